The van der Waals surface area contributed by atoms with Crippen LogP contribution in [-0.4, -0.2) is 16.0 Å². The molecule has 0 amide bonds. The summed E-state index contributed by atoms with van der Waals surface area (Å²) in [6.45, 7) is 1.92. The largest absolute Gasteiger partial charge is 0.477 e. The molecule has 80 valence electrons. The molecule has 0 aliphatic heterocycles. The minimum absolute atomic E-state index is 0.131. The van der Waals surface area contributed by atoms with Gasteiger partial charge in [0.05, 0.1) is 0 Å². The van der Waals surface area contributed by atoms with Crippen LogP contribution in [0.5, 0.6) is 5.75 Å². The van der Waals surface area contributed by atoms with E-state index in [0.717, 1.165) is 0 Å². The molecule has 4 heteroatoms. The van der Waals surface area contributed by atoms with Gasteiger partial charge in [0.25, 0.3) is 5.56 Å². The lowest BCUT2D eigenvalue weighted by molar-refractivity contribution is 0.372. The highest BCUT2D eigenvalue weighted by Crippen LogP contribution is 2.15. The van der Waals surface area contributed by atoms with Crippen LogP contribution in [0.4, 0.5) is 0 Å². The van der Waals surface area contributed by atoms with Crippen LogP contribution in [0.3, 0.4) is 0 Å². The minimum Gasteiger partial charge on any atom is -0.477 e. The molecule has 0 aromatic carbocycles. The predicted molar refractivity (Wildman–Crippen MR) is 60.5 cm³/mol. The molecular formula is C12H10N2O2. The molecule has 0 saturated heterocycles. The molecular weight excluding hydrogens is 204 g/mol. The van der Waals surface area contributed by atoms with Gasteiger partial charge >= 0.3 is 0 Å². The summed E-state index contributed by atoms with van der Waals surface area (Å²) in [7, 11) is 0. The Kier molecular flexibility index (Phi) is 2.61. The second-order valence-corrected chi connectivity index (χ2v) is 3.29. The average Bonchev–Trinajstić information content (AvgIpc) is 2.26. The second kappa shape index (κ2) is 4.07. The van der Waals surface area contributed by atoms with Gasteiger partial charge in [-0.05, 0) is 19.1 Å². The number of rotatable bonds is 2. The lowest BCUT2D eigenvalue weighted by Crippen LogP contribution is -2.15. The third-order valence-corrected chi connectivity index (χ3v) is 2.09. The standard InChI is InChI=1S/C12H10N2O2/c1-3-7-16-10-5-4-6-14-11(15)8-9(2)13-12(10)14/h1,4-6,8H,7H2,2H3. The topological polar surface area (TPSA) is 43.6 Å². The van der Waals surface area contributed by atoms with E-state index in [2.05, 4.69) is 10.9 Å². The van der Waals surface area contributed by atoms with Gasteiger partial charge in [-0.15, -0.1) is 6.42 Å². The first kappa shape index (κ1) is 10.2. The molecule has 0 atom stereocenters. The number of nitrogens with zero attached hydrogens (tertiary/aromatic N) is 2. The van der Waals surface area contributed by atoms with E-state index in [1.165, 1.54) is 10.5 Å². The van der Waals surface area contributed by atoms with Gasteiger partial charge < -0.3 is 4.74 Å². The quantitative estimate of drug-likeness (QED) is 0.701. The Bertz CT molecular complexity index is 623. The van der Waals surface area contributed by atoms with Gasteiger partial charge in [-0.1, -0.05) is 5.92 Å². The number of aryl methyl sites for hydroxylation is 1. The lowest BCUT2D eigenvalue weighted by atomic mass is 10.4. The Hall–Kier alpha value is -2.28. The maximum atomic E-state index is 11.7. The van der Waals surface area contributed by atoms with Gasteiger partial charge in [0.1, 0.15) is 6.61 Å². The molecule has 2 aromatic rings. The number of hydrogen-bond donors (Lipinski definition) is 0. The zero-order chi connectivity index (χ0) is 11.5. The van der Waals surface area contributed by atoms with Crippen molar-refractivity contribution in [1.29, 1.82) is 0 Å². The number of terminal acetylenes is 1. The smallest absolute Gasteiger partial charge is 0.258 e. The zero-order valence-corrected chi connectivity index (χ0v) is 8.80. The molecule has 0 unspecified atom stereocenters. The first-order valence-electron chi connectivity index (χ1n) is 4.77. The molecule has 0 saturated carbocycles. The van der Waals surface area contributed by atoms with Gasteiger partial charge in [-0.2, -0.15) is 0 Å². The van der Waals surface area contributed by atoms with Crippen LogP contribution in [0.25, 0.3) is 5.65 Å². The highest BCUT2D eigenvalue weighted by Gasteiger charge is 2.05. The molecule has 2 rings (SSSR count). The third kappa shape index (κ3) is 1.75. The van der Waals surface area contributed by atoms with Crippen molar-refractivity contribution >= 4 is 5.65 Å². The van der Waals surface area contributed by atoms with Crippen LogP contribution < -0.4 is 10.3 Å². The summed E-state index contributed by atoms with van der Waals surface area (Å²) >= 11 is 0. The maximum absolute atomic E-state index is 11.7. The first-order valence-corrected chi connectivity index (χ1v) is 4.77. The van der Waals surface area contributed by atoms with E-state index < -0.39 is 0 Å². The molecule has 0 spiro atoms. The van der Waals surface area contributed by atoms with Crippen LogP contribution in [0.1, 0.15) is 5.69 Å². The Morgan fingerprint density at radius 3 is 3.19 bits per heavy atom. The van der Waals surface area contributed by atoms with Crippen molar-refractivity contribution in [2.45, 2.75) is 6.92 Å². The van der Waals surface area contributed by atoms with Crippen LogP contribution in [0.15, 0.2) is 29.2 Å². The number of aromatic nitrogens is 2. The van der Waals surface area contributed by atoms with E-state index in [0.29, 0.717) is 17.1 Å². The van der Waals surface area contributed by atoms with Gasteiger partial charge in [0, 0.05) is 18.0 Å². The molecule has 16 heavy (non-hydrogen) atoms. The molecule has 0 aliphatic carbocycles. The van der Waals surface area contributed by atoms with Gasteiger partial charge in [-0.25, -0.2) is 4.98 Å². The maximum Gasteiger partial charge on any atom is 0.258 e. The number of pyridine rings is 1. The van der Waals surface area contributed by atoms with E-state index in [1.807, 2.05) is 0 Å². The first-order chi connectivity index (χ1) is 7.72. The molecule has 0 radical (unpaired) electrons. The molecule has 4 nitrogen and oxygen atoms in total. The van der Waals surface area contributed by atoms with Gasteiger partial charge in [-0.3, -0.25) is 9.20 Å². The van der Waals surface area contributed by atoms with E-state index >= 15 is 0 Å². The second-order valence-electron chi connectivity index (χ2n) is 3.29. The number of hydrogen-bond acceptors (Lipinski definition) is 3. The summed E-state index contributed by atoms with van der Waals surface area (Å²) in [4.78, 5) is 15.9. The van der Waals surface area contributed by atoms with Crippen molar-refractivity contribution in [3.63, 3.8) is 0 Å². The normalized spacial score (nSPS) is 10.0. The van der Waals surface area contributed by atoms with Gasteiger partial charge in [0.2, 0.25) is 0 Å². The summed E-state index contributed by atoms with van der Waals surface area (Å²) < 4.78 is 6.75. The van der Waals surface area contributed by atoms with E-state index in [-0.39, 0.29) is 12.2 Å². The molecule has 2 aromatic heterocycles. The Morgan fingerprint density at radius 2 is 2.44 bits per heavy atom. The Balaban J connectivity index is 2.67. The van der Waals surface area contributed by atoms with Gasteiger partial charge in [0.15, 0.2) is 11.4 Å². The van der Waals surface area contributed by atoms with Crippen molar-refractivity contribution in [3.05, 3.63) is 40.4 Å². The molecule has 0 bridgehead atoms. The summed E-state index contributed by atoms with van der Waals surface area (Å²) in [6, 6.07) is 4.92. The van der Waals surface area contributed by atoms with E-state index in [9.17, 15) is 4.79 Å². The van der Waals surface area contributed by atoms with Crippen molar-refractivity contribution < 1.29 is 4.74 Å². The van der Waals surface area contributed by atoms with Crippen LogP contribution in [-0.2, 0) is 0 Å². The third-order valence-electron chi connectivity index (χ3n) is 2.09. The van der Waals surface area contributed by atoms with E-state index in [1.54, 1.807) is 25.3 Å². The fourth-order valence-corrected chi connectivity index (χ4v) is 1.45. The monoisotopic (exact) mass is 214 g/mol. The Labute approximate surface area is 92.5 Å². The predicted octanol–water partition coefficient (Wildman–Crippen LogP) is 1.01. The number of fused-ring (bicyclic) bond motifs is 1. The fraction of sp³-hybridized carbons (Fsp3) is 0.167. The van der Waals surface area contributed by atoms with Crippen LogP contribution in [0.2, 0.25) is 0 Å². The average molecular weight is 214 g/mol. The summed E-state index contributed by atoms with van der Waals surface area (Å²) in [6.07, 6.45) is 6.76. The SMILES string of the molecule is C#CCOc1cccn2c(=O)cc(C)nc12. The summed E-state index contributed by atoms with van der Waals surface area (Å²) in [5, 5.41) is 0. The number of ether oxygens (including phenoxy) is 1. The van der Waals surface area contributed by atoms with Crippen molar-refractivity contribution in [3.8, 4) is 18.1 Å². The van der Waals surface area contributed by atoms with Crippen LogP contribution >= 0.6 is 0 Å². The zero-order valence-electron chi connectivity index (χ0n) is 8.80. The van der Waals surface area contributed by atoms with Crippen molar-refractivity contribution in [1.82, 2.24) is 9.38 Å². The highest BCUT2D eigenvalue weighted by atomic mass is 16.5. The molecule has 2 heterocycles. The minimum atomic E-state index is -0.131. The molecule has 0 N–H and O–H groups in total. The molecule has 0 fully saturated rings. The lowest BCUT2D eigenvalue weighted by Gasteiger charge is -2.07. The Morgan fingerprint density at radius 1 is 1.62 bits per heavy atom. The summed E-state index contributed by atoms with van der Waals surface area (Å²) in [5.74, 6) is 2.89. The fourth-order valence-electron chi connectivity index (χ4n) is 1.45. The highest BCUT2D eigenvalue weighted by molar-refractivity contribution is 5.53. The summed E-state index contributed by atoms with van der Waals surface area (Å²) in [5.41, 5.74) is 1.01. The van der Waals surface area contributed by atoms with Crippen molar-refractivity contribution in [2.75, 3.05) is 6.61 Å². The van der Waals surface area contributed by atoms with Crippen LogP contribution in [0, 0.1) is 19.3 Å². The van der Waals surface area contributed by atoms with Crippen molar-refractivity contribution in [2.24, 2.45) is 0 Å². The van der Waals surface area contributed by atoms with E-state index in [4.69, 9.17) is 11.2 Å². The molecule has 0 aliphatic rings.